The number of nitrogens with zero attached hydrogens (tertiary/aromatic N) is 2. The van der Waals surface area contributed by atoms with Crippen molar-refractivity contribution < 1.29 is 23.4 Å². The lowest BCUT2D eigenvalue weighted by Gasteiger charge is -2.14. The Labute approximate surface area is 161 Å². The molecule has 0 saturated heterocycles. The lowest BCUT2D eigenvalue weighted by atomic mass is 10.1. The van der Waals surface area contributed by atoms with Gasteiger partial charge < -0.3 is 23.9 Å². The van der Waals surface area contributed by atoms with Crippen LogP contribution in [-0.2, 0) is 6.61 Å². The van der Waals surface area contributed by atoms with Crippen LogP contribution in [0.15, 0.2) is 47.2 Å². The van der Waals surface area contributed by atoms with Gasteiger partial charge in [0.1, 0.15) is 12.0 Å². The van der Waals surface area contributed by atoms with Crippen molar-refractivity contribution >= 4 is 5.91 Å². The van der Waals surface area contributed by atoms with Gasteiger partial charge in [-0.1, -0.05) is 6.07 Å². The minimum Gasteiger partial charge on any atom is -0.484 e. The molecule has 2 aromatic heterocycles. The highest BCUT2D eigenvalue weighted by Crippen LogP contribution is 2.35. The van der Waals surface area contributed by atoms with Crippen molar-refractivity contribution in [3.05, 3.63) is 65.6 Å². The van der Waals surface area contributed by atoms with Gasteiger partial charge in [0, 0.05) is 12.3 Å². The summed E-state index contributed by atoms with van der Waals surface area (Å²) in [5.41, 5.74) is 2.00. The van der Waals surface area contributed by atoms with Gasteiger partial charge in [-0.3, -0.25) is 9.78 Å². The van der Waals surface area contributed by atoms with Crippen LogP contribution in [0.2, 0.25) is 0 Å². The molecule has 4 rings (SSSR count). The molecule has 1 aromatic carbocycles. The van der Waals surface area contributed by atoms with E-state index in [9.17, 15) is 4.79 Å². The first kappa shape index (κ1) is 17.8. The third kappa shape index (κ3) is 3.75. The molecule has 3 heterocycles. The monoisotopic (exact) mass is 381 g/mol. The molecule has 3 aromatic rings. The smallest absolute Gasteiger partial charge is 0.273 e. The van der Waals surface area contributed by atoms with Gasteiger partial charge >= 0.3 is 0 Å². The van der Waals surface area contributed by atoms with Crippen molar-refractivity contribution in [2.45, 2.75) is 26.5 Å². The largest absolute Gasteiger partial charge is 0.484 e. The molecule has 144 valence electrons. The van der Waals surface area contributed by atoms with Crippen LogP contribution in [-0.4, -0.2) is 22.7 Å². The van der Waals surface area contributed by atoms with E-state index in [1.807, 2.05) is 26.0 Å². The Morgan fingerprint density at radius 2 is 2.14 bits per heavy atom. The molecule has 1 aliphatic heterocycles. The molecule has 0 aliphatic carbocycles. The van der Waals surface area contributed by atoms with Crippen LogP contribution in [0.1, 0.15) is 40.6 Å². The zero-order valence-electron chi connectivity index (χ0n) is 15.5. The summed E-state index contributed by atoms with van der Waals surface area (Å²) in [6.45, 7) is 4.11. The molecule has 0 fully saturated rings. The number of pyridine rings is 1. The number of oxazole rings is 1. The van der Waals surface area contributed by atoms with E-state index in [1.54, 1.807) is 24.4 Å². The summed E-state index contributed by atoms with van der Waals surface area (Å²) in [4.78, 5) is 20.9. The molecule has 8 heteroatoms. The van der Waals surface area contributed by atoms with E-state index < -0.39 is 0 Å². The molecule has 1 aliphatic rings. The highest BCUT2D eigenvalue weighted by atomic mass is 16.7. The molecule has 0 unspecified atom stereocenters. The topological polar surface area (TPSA) is 95.7 Å². The Hall–Kier alpha value is -3.55. The molecular weight excluding hydrogens is 362 g/mol. The van der Waals surface area contributed by atoms with Crippen LogP contribution >= 0.6 is 0 Å². The van der Waals surface area contributed by atoms with Crippen molar-refractivity contribution in [3.63, 3.8) is 0 Å². The Morgan fingerprint density at radius 1 is 1.29 bits per heavy atom. The summed E-state index contributed by atoms with van der Waals surface area (Å²) in [7, 11) is 0. The highest BCUT2D eigenvalue weighted by molar-refractivity contribution is 5.92. The molecule has 0 spiro atoms. The van der Waals surface area contributed by atoms with Crippen molar-refractivity contribution in [1.29, 1.82) is 0 Å². The molecule has 0 saturated carbocycles. The zero-order chi connectivity index (χ0) is 19.5. The Bertz CT molecular complexity index is 1000. The van der Waals surface area contributed by atoms with Gasteiger partial charge in [-0.05, 0) is 37.6 Å². The Balaban J connectivity index is 1.36. The van der Waals surface area contributed by atoms with Crippen LogP contribution in [0.5, 0.6) is 17.2 Å². The minimum atomic E-state index is -0.337. The van der Waals surface area contributed by atoms with Gasteiger partial charge in [-0.15, -0.1) is 0 Å². The van der Waals surface area contributed by atoms with Gasteiger partial charge in [0.15, 0.2) is 23.8 Å². The second kappa shape index (κ2) is 7.59. The van der Waals surface area contributed by atoms with Gasteiger partial charge in [0.2, 0.25) is 12.7 Å². The molecule has 1 N–H and O–H groups in total. The third-order valence-corrected chi connectivity index (χ3v) is 4.30. The molecule has 1 amide bonds. The van der Waals surface area contributed by atoms with Gasteiger partial charge in [0.05, 0.1) is 11.7 Å². The fraction of sp³-hybridized carbons (Fsp3) is 0.250. The number of carbonyl (C=O) groups excluding carboxylic acids is 1. The number of hydrogen-bond donors (Lipinski definition) is 1. The van der Waals surface area contributed by atoms with E-state index >= 15 is 0 Å². The van der Waals surface area contributed by atoms with Gasteiger partial charge in [-0.25, -0.2) is 4.98 Å². The summed E-state index contributed by atoms with van der Waals surface area (Å²) in [5.74, 6) is 1.86. The fourth-order valence-electron chi connectivity index (χ4n) is 2.88. The van der Waals surface area contributed by atoms with Gasteiger partial charge in [-0.2, -0.15) is 0 Å². The van der Waals surface area contributed by atoms with E-state index in [-0.39, 0.29) is 31.0 Å². The number of amides is 1. The summed E-state index contributed by atoms with van der Waals surface area (Å²) >= 11 is 0. The molecule has 8 nitrogen and oxygen atoms in total. The van der Waals surface area contributed by atoms with E-state index in [0.29, 0.717) is 23.1 Å². The van der Waals surface area contributed by atoms with E-state index in [2.05, 4.69) is 15.3 Å². The number of nitrogens with one attached hydrogen (secondary N) is 1. The minimum absolute atomic E-state index is 0.0851. The number of hydrogen-bond acceptors (Lipinski definition) is 7. The van der Waals surface area contributed by atoms with E-state index in [1.165, 1.54) is 6.26 Å². The molecule has 0 bridgehead atoms. The van der Waals surface area contributed by atoms with Crippen molar-refractivity contribution in [2.24, 2.45) is 0 Å². The Morgan fingerprint density at radius 3 is 3.00 bits per heavy atom. The van der Waals surface area contributed by atoms with E-state index in [4.69, 9.17) is 18.6 Å². The standard InChI is InChI=1S/C20H19N3O5/c1-12-4-3-7-21-19(12)13(2)22-20(24)15-9-26-18(23-15)10-25-14-5-6-16-17(8-14)28-11-27-16/h3-9,13H,10-11H2,1-2H3,(H,22,24)/t13-/m0/s1. The number of rotatable bonds is 6. The molecule has 1 atom stereocenters. The van der Waals surface area contributed by atoms with Crippen molar-refractivity contribution in [3.8, 4) is 17.2 Å². The highest BCUT2D eigenvalue weighted by Gasteiger charge is 2.18. The maximum absolute atomic E-state index is 12.4. The predicted octanol–water partition coefficient (Wildman–Crippen LogP) is 3.18. The van der Waals surface area contributed by atoms with Gasteiger partial charge in [0.25, 0.3) is 5.91 Å². The zero-order valence-corrected chi connectivity index (χ0v) is 15.5. The molecule has 0 radical (unpaired) electrons. The number of aromatic nitrogens is 2. The second-order valence-corrected chi connectivity index (χ2v) is 6.33. The maximum Gasteiger partial charge on any atom is 0.273 e. The quantitative estimate of drug-likeness (QED) is 0.700. The van der Waals surface area contributed by atoms with Crippen LogP contribution in [0.25, 0.3) is 0 Å². The second-order valence-electron chi connectivity index (χ2n) is 6.33. The van der Waals surface area contributed by atoms with Crippen LogP contribution in [0, 0.1) is 6.92 Å². The first-order valence-electron chi connectivity index (χ1n) is 8.79. The summed E-state index contributed by atoms with van der Waals surface area (Å²) in [6, 6.07) is 8.83. The molecule has 28 heavy (non-hydrogen) atoms. The number of benzene rings is 1. The van der Waals surface area contributed by atoms with Crippen molar-refractivity contribution in [1.82, 2.24) is 15.3 Å². The fourth-order valence-corrected chi connectivity index (χ4v) is 2.88. The molecular formula is C20H19N3O5. The first-order chi connectivity index (χ1) is 13.6. The number of ether oxygens (including phenoxy) is 3. The average Bonchev–Trinajstić information content (AvgIpc) is 3.35. The van der Waals surface area contributed by atoms with Crippen molar-refractivity contribution in [2.75, 3.05) is 6.79 Å². The lowest BCUT2D eigenvalue weighted by Crippen LogP contribution is -2.28. The Kier molecular flexibility index (Phi) is 4.84. The van der Waals surface area contributed by atoms with Crippen LogP contribution in [0.4, 0.5) is 0 Å². The maximum atomic E-state index is 12.4. The van der Waals surface area contributed by atoms with E-state index in [0.717, 1.165) is 11.3 Å². The average molecular weight is 381 g/mol. The van der Waals surface area contributed by atoms with Crippen LogP contribution in [0.3, 0.4) is 0 Å². The summed E-state index contributed by atoms with van der Waals surface area (Å²) in [5, 5.41) is 2.87. The van der Waals surface area contributed by atoms with Crippen LogP contribution < -0.4 is 19.5 Å². The number of fused-ring (bicyclic) bond motifs is 1. The first-order valence-corrected chi connectivity index (χ1v) is 8.79. The normalized spacial score (nSPS) is 13.2. The number of carbonyl (C=O) groups is 1. The third-order valence-electron chi connectivity index (χ3n) is 4.30. The SMILES string of the molecule is Cc1cccnc1[C@H](C)NC(=O)c1coc(COc2ccc3c(c2)OCO3)n1. The number of aryl methyl sites for hydroxylation is 1. The lowest BCUT2D eigenvalue weighted by molar-refractivity contribution is 0.0934. The summed E-state index contributed by atoms with van der Waals surface area (Å²) < 4.78 is 21.6. The summed E-state index contributed by atoms with van der Waals surface area (Å²) in [6.07, 6.45) is 3.01. The predicted molar refractivity (Wildman–Crippen MR) is 98.3 cm³/mol.